The van der Waals surface area contributed by atoms with Crippen molar-refractivity contribution in [2.45, 2.75) is 70.9 Å². The van der Waals surface area contributed by atoms with Crippen LogP contribution in [0.5, 0.6) is 0 Å². The molecule has 1 aliphatic carbocycles. The lowest BCUT2D eigenvalue weighted by Crippen LogP contribution is -2.43. The molecule has 16 heavy (non-hydrogen) atoms. The molecule has 0 radical (unpaired) electrons. The third-order valence-corrected chi connectivity index (χ3v) is 3.57. The lowest BCUT2D eigenvalue weighted by molar-refractivity contribution is -0.139. The summed E-state index contributed by atoms with van der Waals surface area (Å²) in [6, 6.07) is 0.0704. The molecule has 0 bridgehead atoms. The first-order chi connectivity index (χ1) is 7.63. The third kappa shape index (κ3) is 4.52. The molecule has 1 rings (SSSR count). The lowest BCUT2D eigenvalue weighted by atomic mass is 10.0. The second-order valence-corrected chi connectivity index (χ2v) is 5.16. The molecular formula is C13H25NO2. The first kappa shape index (κ1) is 13.5. The van der Waals surface area contributed by atoms with E-state index in [1.54, 1.807) is 0 Å². The van der Waals surface area contributed by atoms with Crippen LogP contribution in [0.25, 0.3) is 0 Å². The molecule has 94 valence electrons. The standard InChI is InChI=1S/C13H25NO2/c1-3-5-12(13(15)16)14-11-7-4-6-10(2)8-9-11/h10-12,14H,3-9H2,1-2H3,(H,15,16). The van der Waals surface area contributed by atoms with Gasteiger partial charge in [0, 0.05) is 6.04 Å². The average molecular weight is 227 g/mol. The molecule has 0 heterocycles. The molecule has 3 nitrogen and oxygen atoms in total. The fourth-order valence-corrected chi connectivity index (χ4v) is 2.51. The molecule has 0 aromatic carbocycles. The van der Waals surface area contributed by atoms with E-state index in [1.165, 1.54) is 19.3 Å². The van der Waals surface area contributed by atoms with Crippen LogP contribution in [-0.2, 0) is 4.79 Å². The van der Waals surface area contributed by atoms with Crippen LogP contribution in [-0.4, -0.2) is 23.2 Å². The highest BCUT2D eigenvalue weighted by Crippen LogP contribution is 2.23. The zero-order chi connectivity index (χ0) is 12.0. The van der Waals surface area contributed by atoms with Gasteiger partial charge in [0.05, 0.1) is 0 Å². The Hall–Kier alpha value is -0.570. The van der Waals surface area contributed by atoms with Gasteiger partial charge in [0.1, 0.15) is 6.04 Å². The second-order valence-electron chi connectivity index (χ2n) is 5.16. The summed E-state index contributed by atoms with van der Waals surface area (Å²) in [5.74, 6) is 0.111. The minimum atomic E-state index is -0.695. The molecule has 1 fully saturated rings. The monoisotopic (exact) mass is 227 g/mol. The molecule has 3 atom stereocenters. The summed E-state index contributed by atoms with van der Waals surface area (Å²) < 4.78 is 0. The number of hydrogen-bond acceptors (Lipinski definition) is 2. The van der Waals surface area contributed by atoms with E-state index < -0.39 is 5.97 Å². The van der Waals surface area contributed by atoms with E-state index in [0.717, 1.165) is 31.6 Å². The van der Waals surface area contributed by atoms with Crippen LogP contribution in [0.15, 0.2) is 0 Å². The Morgan fingerprint density at radius 1 is 1.38 bits per heavy atom. The predicted molar refractivity (Wildman–Crippen MR) is 65.5 cm³/mol. The van der Waals surface area contributed by atoms with Crippen molar-refractivity contribution in [2.24, 2.45) is 5.92 Å². The van der Waals surface area contributed by atoms with Crippen LogP contribution in [0, 0.1) is 5.92 Å². The molecule has 3 heteroatoms. The summed E-state index contributed by atoms with van der Waals surface area (Å²) in [6.45, 7) is 4.33. The summed E-state index contributed by atoms with van der Waals surface area (Å²) in [7, 11) is 0. The highest BCUT2D eigenvalue weighted by atomic mass is 16.4. The molecule has 1 saturated carbocycles. The van der Waals surface area contributed by atoms with E-state index in [9.17, 15) is 4.79 Å². The summed E-state index contributed by atoms with van der Waals surface area (Å²) in [5, 5.41) is 12.4. The first-order valence-electron chi connectivity index (χ1n) is 6.62. The van der Waals surface area contributed by atoms with Crippen LogP contribution >= 0.6 is 0 Å². The maximum atomic E-state index is 11.1. The van der Waals surface area contributed by atoms with Crippen molar-refractivity contribution in [2.75, 3.05) is 0 Å². The Bertz CT molecular complexity index is 218. The van der Waals surface area contributed by atoms with E-state index in [0.29, 0.717) is 6.04 Å². The number of carboxylic acids is 1. The zero-order valence-electron chi connectivity index (χ0n) is 10.5. The van der Waals surface area contributed by atoms with E-state index in [2.05, 4.69) is 12.2 Å². The van der Waals surface area contributed by atoms with Gasteiger partial charge in [-0.15, -0.1) is 0 Å². The molecule has 3 unspecified atom stereocenters. The number of carboxylic acid groups (broad SMARTS) is 1. The van der Waals surface area contributed by atoms with Gasteiger partial charge in [-0.1, -0.05) is 33.1 Å². The van der Waals surface area contributed by atoms with Crippen LogP contribution < -0.4 is 5.32 Å². The van der Waals surface area contributed by atoms with Gasteiger partial charge in [0.2, 0.25) is 0 Å². The second kappa shape index (κ2) is 6.89. The van der Waals surface area contributed by atoms with Gasteiger partial charge in [0.15, 0.2) is 0 Å². The summed E-state index contributed by atoms with van der Waals surface area (Å²) in [4.78, 5) is 11.1. The average Bonchev–Trinajstić information content (AvgIpc) is 2.43. The van der Waals surface area contributed by atoms with Gasteiger partial charge in [-0.2, -0.15) is 0 Å². The van der Waals surface area contributed by atoms with Gasteiger partial charge < -0.3 is 10.4 Å². The minimum absolute atomic E-state index is 0.344. The highest BCUT2D eigenvalue weighted by molar-refractivity contribution is 5.73. The smallest absolute Gasteiger partial charge is 0.320 e. The SMILES string of the molecule is CCCC(NC1CCCC(C)CC1)C(=O)O. The van der Waals surface area contributed by atoms with E-state index >= 15 is 0 Å². The van der Waals surface area contributed by atoms with Gasteiger partial charge in [-0.25, -0.2) is 0 Å². The van der Waals surface area contributed by atoms with Gasteiger partial charge >= 0.3 is 5.97 Å². The number of nitrogens with one attached hydrogen (secondary N) is 1. The van der Waals surface area contributed by atoms with Crippen molar-refractivity contribution in [1.82, 2.24) is 5.32 Å². The van der Waals surface area contributed by atoms with Crippen molar-refractivity contribution in [3.8, 4) is 0 Å². The molecular weight excluding hydrogens is 202 g/mol. The first-order valence-corrected chi connectivity index (χ1v) is 6.62. The Kier molecular flexibility index (Phi) is 5.81. The maximum Gasteiger partial charge on any atom is 0.320 e. The molecule has 0 amide bonds. The van der Waals surface area contributed by atoms with Crippen LogP contribution in [0.3, 0.4) is 0 Å². The molecule has 0 aromatic heterocycles. The van der Waals surface area contributed by atoms with Crippen molar-refractivity contribution in [3.05, 3.63) is 0 Å². The Labute approximate surface area is 98.6 Å². The zero-order valence-corrected chi connectivity index (χ0v) is 10.5. The fraction of sp³-hybridized carbons (Fsp3) is 0.923. The Morgan fingerprint density at radius 2 is 2.12 bits per heavy atom. The number of rotatable bonds is 5. The van der Waals surface area contributed by atoms with Crippen molar-refractivity contribution >= 4 is 5.97 Å². The van der Waals surface area contributed by atoms with Crippen LogP contribution in [0.2, 0.25) is 0 Å². The molecule has 0 spiro atoms. The maximum absolute atomic E-state index is 11.1. The molecule has 1 aliphatic rings. The third-order valence-electron chi connectivity index (χ3n) is 3.57. The number of carbonyl (C=O) groups is 1. The minimum Gasteiger partial charge on any atom is -0.480 e. The largest absolute Gasteiger partial charge is 0.480 e. The van der Waals surface area contributed by atoms with Gasteiger partial charge in [-0.3, -0.25) is 4.79 Å². The Morgan fingerprint density at radius 3 is 2.75 bits per heavy atom. The van der Waals surface area contributed by atoms with Gasteiger partial charge in [-0.05, 0) is 31.6 Å². The molecule has 0 aliphatic heterocycles. The molecule has 2 N–H and O–H groups in total. The van der Waals surface area contributed by atoms with E-state index in [1.807, 2.05) is 6.92 Å². The normalized spacial score (nSPS) is 28.4. The fourth-order valence-electron chi connectivity index (χ4n) is 2.51. The lowest BCUT2D eigenvalue weighted by Gasteiger charge is -2.21. The van der Waals surface area contributed by atoms with Gasteiger partial charge in [0.25, 0.3) is 0 Å². The Balaban J connectivity index is 2.40. The van der Waals surface area contributed by atoms with Crippen molar-refractivity contribution in [3.63, 3.8) is 0 Å². The molecule has 0 saturated heterocycles. The van der Waals surface area contributed by atoms with E-state index in [-0.39, 0.29) is 6.04 Å². The number of aliphatic carboxylic acids is 1. The van der Waals surface area contributed by atoms with Crippen LogP contribution in [0.1, 0.15) is 58.8 Å². The summed E-state index contributed by atoms with van der Waals surface area (Å²) in [6.07, 6.45) is 7.69. The number of hydrogen-bond donors (Lipinski definition) is 2. The predicted octanol–water partition coefficient (Wildman–Crippen LogP) is 2.80. The highest BCUT2D eigenvalue weighted by Gasteiger charge is 2.22. The van der Waals surface area contributed by atoms with Crippen molar-refractivity contribution in [1.29, 1.82) is 0 Å². The van der Waals surface area contributed by atoms with Crippen molar-refractivity contribution < 1.29 is 9.90 Å². The van der Waals surface area contributed by atoms with Crippen LogP contribution in [0.4, 0.5) is 0 Å². The summed E-state index contributed by atoms with van der Waals surface area (Å²) in [5.41, 5.74) is 0. The summed E-state index contributed by atoms with van der Waals surface area (Å²) >= 11 is 0. The topological polar surface area (TPSA) is 49.3 Å². The molecule has 0 aromatic rings. The quantitative estimate of drug-likeness (QED) is 0.710. The van der Waals surface area contributed by atoms with E-state index in [4.69, 9.17) is 5.11 Å².